The van der Waals surface area contributed by atoms with Crippen molar-refractivity contribution < 1.29 is 9.84 Å². The Morgan fingerprint density at radius 2 is 2.00 bits per heavy atom. The van der Waals surface area contributed by atoms with Crippen LogP contribution < -0.4 is 0 Å². The Hall–Kier alpha value is -0.900. The highest BCUT2D eigenvalue weighted by Crippen LogP contribution is 2.28. The summed E-state index contributed by atoms with van der Waals surface area (Å²) in [6.07, 6.45) is 0.891. The van der Waals surface area contributed by atoms with E-state index in [9.17, 15) is 5.11 Å². The monoisotopic (exact) mass is 277 g/mol. The first-order chi connectivity index (χ1) is 9.63. The molecule has 3 atom stereocenters. The average molecular weight is 277 g/mol. The predicted octanol–water partition coefficient (Wildman–Crippen LogP) is 2.86. The lowest BCUT2D eigenvalue weighted by atomic mass is 9.91. The van der Waals surface area contributed by atoms with Crippen molar-refractivity contribution in [2.75, 3.05) is 19.7 Å². The van der Waals surface area contributed by atoms with Gasteiger partial charge >= 0.3 is 0 Å². The van der Waals surface area contributed by atoms with Crippen LogP contribution in [-0.4, -0.2) is 41.8 Å². The first kappa shape index (κ1) is 15.5. The minimum atomic E-state index is -0.438. The van der Waals surface area contributed by atoms with Crippen LogP contribution in [0, 0.1) is 5.92 Å². The number of aliphatic hydroxyl groups excluding tert-OH is 1. The van der Waals surface area contributed by atoms with Gasteiger partial charge in [0, 0.05) is 19.1 Å². The molecule has 0 spiro atoms. The molecule has 1 saturated heterocycles. The summed E-state index contributed by atoms with van der Waals surface area (Å²) in [6, 6.07) is 10.1. The van der Waals surface area contributed by atoms with Gasteiger partial charge < -0.3 is 9.84 Å². The van der Waals surface area contributed by atoms with Crippen molar-refractivity contribution in [1.29, 1.82) is 0 Å². The molecule has 1 heterocycles. The van der Waals surface area contributed by atoms with E-state index in [-0.39, 0.29) is 6.04 Å². The molecular weight excluding hydrogens is 250 g/mol. The van der Waals surface area contributed by atoms with E-state index in [1.165, 1.54) is 0 Å². The van der Waals surface area contributed by atoms with Crippen molar-refractivity contribution >= 4 is 0 Å². The van der Waals surface area contributed by atoms with Crippen LogP contribution in [0.4, 0.5) is 0 Å². The van der Waals surface area contributed by atoms with Crippen molar-refractivity contribution in [3.8, 4) is 0 Å². The molecule has 1 fully saturated rings. The summed E-state index contributed by atoms with van der Waals surface area (Å²) in [5.41, 5.74) is 1.01. The minimum Gasteiger partial charge on any atom is -0.387 e. The van der Waals surface area contributed by atoms with Gasteiger partial charge in [-0.25, -0.2) is 0 Å². The van der Waals surface area contributed by atoms with E-state index < -0.39 is 6.10 Å². The average Bonchev–Trinajstić information content (AvgIpc) is 2.48. The Balaban J connectivity index is 2.14. The van der Waals surface area contributed by atoms with Crippen LogP contribution in [0.3, 0.4) is 0 Å². The Morgan fingerprint density at radius 3 is 2.60 bits per heavy atom. The van der Waals surface area contributed by atoms with E-state index in [4.69, 9.17) is 4.74 Å². The SMILES string of the molecule is CCC1CN(C(C(C)C)C(O)c2ccccc2)CCO1. The van der Waals surface area contributed by atoms with Gasteiger partial charge in [-0.05, 0) is 17.9 Å². The summed E-state index contributed by atoms with van der Waals surface area (Å²) >= 11 is 0. The molecular formula is C17H27NO2. The third-order valence-electron chi connectivity index (χ3n) is 4.19. The zero-order chi connectivity index (χ0) is 14.5. The molecule has 3 nitrogen and oxygen atoms in total. The van der Waals surface area contributed by atoms with Gasteiger partial charge in [-0.3, -0.25) is 4.90 Å². The lowest BCUT2D eigenvalue weighted by molar-refractivity contribution is -0.0763. The largest absolute Gasteiger partial charge is 0.387 e. The number of morpholine rings is 1. The highest BCUT2D eigenvalue weighted by Gasteiger charge is 2.33. The maximum Gasteiger partial charge on any atom is 0.0947 e. The maximum atomic E-state index is 10.8. The predicted molar refractivity (Wildman–Crippen MR) is 81.6 cm³/mol. The molecule has 0 aliphatic carbocycles. The second-order valence-corrected chi connectivity index (χ2v) is 5.99. The van der Waals surface area contributed by atoms with Gasteiger partial charge in [0.1, 0.15) is 0 Å². The van der Waals surface area contributed by atoms with Gasteiger partial charge in [0.15, 0.2) is 0 Å². The zero-order valence-electron chi connectivity index (χ0n) is 12.8. The van der Waals surface area contributed by atoms with E-state index in [1.807, 2.05) is 30.3 Å². The fourth-order valence-electron chi connectivity index (χ4n) is 3.09. The molecule has 2 rings (SSSR count). The molecule has 1 aromatic rings. The van der Waals surface area contributed by atoms with Gasteiger partial charge in [-0.15, -0.1) is 0 Å². The molecule has 1 aromatic carbocycles. The van der Waals surface area contributed by atoms with Crippen molar-refractivity contribution in [3.05, 3.63) is 35.9 Å². The molecule has 0 bridgehead atoms. The first-order valence-electron chi connectivity index (χ1n) is 7.72. The lowest BCUT2D eigenvalue weighted by Gasteiger charge is -2.42. The van der Waals surface area contributed by atoms with E-state index in [0.717, 1.165) is 31.7 Å². The van der Waals surface area contributed by atoms with Crippen LogP contribution in [0.1, 0.15) is 38.9 Å². The van der Waals surface area contributed by atoms with E-state index >= 15 is 0 Å². The lowest BCUT2D eigenvalue weighted by Crippen LogP contribution is -2.51. The highest BCUT2D eigenvalue weighted by atomic mass is 16.5. The molecule has 3 heteroatoms. The Kier molecular flexibility index (Phi) is 5.58. The third-order valence-corrected chi connectivity index (χ3v) is 4.19. The summed E-state index contributed by atoms with van der Waals surface area (Å²) < 4.78 is 5.75. The van der Waals surface area contributed by atoms with Crippen molar-refractivity contribution in [2.45, 2.75) is 45.4 Å². The molecule has 20 heavy (non-hydrogen) atoms. The minimum absolute atomic E-state index is 0.148. The Labute approximate surface area is 122 Å². The number of hydrogen-bond donors (Lipinski definition) is 1. The molecule has 0 amide bonds. The Morgan fingerprint density at radius 1 is 1.30 bits per heavy atom. The highest BCUT2D eigenvalue weighted by molar-refractivity contribution is 5.19. The summed E-state index contributed by atoms with van der Waals surface area (Å²) in [6.45, 7) is 9.13. The van der Waals surface area contributed by atoms with E-state index in [0.29, 0.717) is 12.0 Å². The van der Waals surface area contributed by atoms with Crippen LogP contribution in [-0.2, 0) is 4.74 Å². The van der Waals surface area contributed by atoms with Crippen LogP contribution in [0.15, 0.2) is 30.3 Å². The quantitative estimate of drug-likeness (QED) is 0.898. The molecule has 0 saturated carbocycles. The van der Waals surface area contributed by atoms with Crippen LogP contribution in [0.2, 0.25) is 0 Å². The summed E-state index contributed by atoms with van der Waals surface area (Å²) in [7, 11) is 0. The summed E-state index contributed by atoms with van der Waals surface area (Å²) in [5, 5.41) is 10.8. The van der Waals surface area contributed by atoms with Crippen molar-refractivity contribution in [2.24, 2.45) is 5.92 Å². The molecule has 0 radical (unpaired) electrons. The Bertz CT molecular complexity index is 393. The zero-order valence-corrected chi connectivity index (χ0v) is 12.8. The van der Waals surface area contributed by atoms with E-state index in [2.05, 4.69) is 25.7 Å². The van der Waals surface area contributed by atoms with Gasteiger partial charge in [0.05, 0.1) is 18.8 Å². The molecule has 1 aliphatic heterocycles. The molecule has 1 N–H and O–H groups in total. The smallest absolute Gasteiger partial charge is 0.0947 e. The summed E-state index contributed by atoms with van der Waals surface area (Å²) in [4.78, 5) is 2.40. The fraction of sp³-hybridized carbons (Fsp3) is 0.647. The molecule has 0 aromatic heterocycles. The molecule has 1 aliphatic rings. The number of aliphatic hydroxyl groups is 1. The fourth-order valence-corrected chi connectivity index (χ4v) is 3.09. The van der Waals surface area contributed by atoms with E-state index in [1.54, 1.807) is 0 Å². The third kappa shape index (κ3) is 3.60. The van der Waals surface area contributed by atoms with Crippen LogP contribution in [0.5, 0.6) is 0 Å². The number of hydrogen-bond acceptors (Lipinski definition) is 3. The molecule has 3 unspecified atom stereocenters. The molecule has 112 valence electrons. The van der Waals surface area contributed by atoms with Gasteiger partial charge in [0.25, 0.3) is 0 Å². The van der Waals surface area contributed by atoms with Gasteiger partial charge in [0.2, 0.25) is 0 Å². The normalized spacial score (nSPS) is 23.8. The van der Waals surface area contributed by atoms with Crippen molar-refractivity contribution in [3.63, 3.8) is 0 Å². The summed E-state index contributed by atoms with van der Waals surface area (Å²) in [5.74, 6) is 0.404. The van der Waals surface area contributed by atoms with Gasteiger partial charge in [-0.1, -0.05) is 51.1 Å². The maximum absolute atomic E-state index is 10.8. The van der Waals surface area contributed by atoms with Crippen LogP contribution >= 0.6 is 0 Å². The number of rotatable bonds is 5. The van der Waals surface area contributed by atoms with Crippen LogP contribution in [0.25, 0.3) is 0 Å². The second-order valence-electron chi connectivity index (χ2n) is 5.99. The number of nitrogens with zero attached hydrogens (tertiary/aromatic N) is 1. The topological polar surface area (TPSA) is 32.7 Å². The second kappa shape index (κ2) is 7.21. The number of benzene rings is 1. The number of ether oxygens (including phenoxy) is 1. The first-order valence-corrected chi connectivity index (χ1v) is 7.72. The standard InChI is InChI=1S/C17H27NO2/c1-4-15-12-18(10-11-20-15)16(13(2)3)17(19)14-8-6-5-7-9-14/h5-9,13,15-17,19H,4,10-12H2,1-3H3. The van der Waals surface area contributed by atoms with Crippen molar-refractivity contribution in [1.82, 2.24) is 4.90 Å². The van der Waals surface area contributed by atoms with Gasteiger partial charge in [-0.2, -0.15) is 0 Å².